The largest absolute Gasteiger partial charge is 0.281 e. The van der Waals surface area contributed by atoms with Gasteiger partial charge in [0.1, 0.15) is 10.6 Å². The number of halogens is 4. The molecule has 0 aliphatic rings. The highest BCUT2D eigenvalue weighted by Gasteiger charge is 2.26. The Morgan fingerprint density at radius 3 is 2.33 bits per heavy atom. The highest BCUT2D eigenvalue weighted by atomic mass is 127. The van der Waals surface area contributed by atoms with E-state index in [0.29, 0.717) is 3.57 Å². The molecule has 0 saturated carbocycles. The first-order valence-electron chi connectivity index (χ1n) is 3.40. The molecule has 1 heterocycles. The van der Waals surface area contributed by atoms with Crippen LogP contribution in [0.5, 0.6) is 0 Å². The molecule has 4 nitrogen and oxygen atoms in total. The topological polar surface area (TPSA) is 73.1 Å². The molecule has 9 heteroatoms. The van der Waals surface area contributed by atoms with Gasteiger partial charge in [-0.1, -0.05) is 0 Å². The lowest BCUT2D eigenvalue weighted by Crippen LogP contribution is -2.18. The highest BCUT2D eigenvalue weighted by molar-refractivity contribution is 14.1. The fourth-order valence-corrected chi connectivity index (χ4v) is 3.61. The Morgan fingerprint density at radius 2 is 1.93 bits per heavy atom. The van der Waals surface area contributed by atoms with Crippen molar-refractivity contribution in [1.82, 2.24) is 4.98 Å². The van der Waals surface area contributed by atoms with Gasteiger partial charge in [0.25, 0.3) is 6.43 Å². The van der Waals surface area contributed by atoms with Crippen LogP contribution in [-0.2, 0) is 10.0 Å². The molecule has 0 radical (unpaired) electrons. The molecule has 0 amide bonds. The van der Waals surface area contributed by atoms with E-state index in [0.717, 1.165) is 0 Å². The van der Waals surface area contributed by atoms with E-state index in [2.05, 4.69) is 4.98 Å². The van der Waals surface area contributed by atoms with Gasteiger partial charge >= 0.3 is 0 Å². The predicted molar refractivity (Wildman–Crippen MR) is 66.0 cm³/mol. The lowest BCUT2D eigenvalue weighted by atomic mass is 10.4. The zero-order valence-electron chi connectivity index (χ0n) is 6.92. The average molecular weight is 460 g/mol. The lowest BCUT2D eigenvalue weighted by Gasteiger charge is -2.09. The maximum Gasteiger partial charge on any atom is 0.281 e. The second-order valence-electron chi connectivity index (χ2n) is 2.48. The Kier molecular flexibility index (Phi) is 4.22. The molecule has 0 spiro atoms. The first-order valence-corrected chi connectivity index (χ1v) is 7.10. The predicted octanol–water partition coefficient (Wildman–Crippen LogP) is 1.88. The Morgan fingerprint density at radius 1 is 1.40 bits per heavy atom. The summed E-state index contributed by atoms with van der Waals surface area (Å²) in [4.78, 5) is 2.79. The Bertz CT molecular complexity index is 492. The number of rotatable bonds is 2. The van der Waals surface area contributed by atoms with Gasteiger partial charge in [-0.2, -0.15) is 0 Å². The molecule has 0 unspecified atom stereocenters. The van der Waals surface area contributed by atoms with Crippen LogP contribution in [0.1, 0.15) is 12.1 Å². The lowest BCUT2D eigenvalue weighted by molar-refractivity contribution is 0.142. The maximum atomic E-state index is 12.5. The summed E-state index contributed by atoms with van der Waals surface area (Å²) in [5.74, 6) is 0. The van der Waals surface area contributed by atoms with Crippen molar-refractivity contribution in [2.24, 2.45) is 5.14 Å². The molecule has 15 heavy (non-hydrogen) atoms. The summed E-state index contributed by atoms with van der Waals surface area (Å²) < 4.78 is 47.8. The van der Waals surface area contributed by atoms with E-state index in [1.54, 1.807) is 45.2 Å². The first-order chi connectivity index (χ1) is 6.75. The standard InChI is InChI=1S/C6H4F2I2N2O2S/c7-6(8)4-5(15(11,13)14)3(10)2(9)1-12-4/h1,6H,(H2,11,13,14). The third-order valence-electron chi connectivity index (χ3n) is 1.45. The van der Waals surface area contributed by atoms with E-state index in [1.807, 2.05) is 0 Å². The number of sulfonamides is 1. The van der Waals surface area contributed by atoms with Gasteiger partial charge in [-0.05, 0) is 45.2 Å². The Hall–Kier alpha value is 0.380. The van der Waals surface area contributed by atoms with Gasteiger partial charge in [-0.15, -0.1) is 0 Å². The summed E-state index contributed by atoms with van der Waals surface area (Å²) in [6.07, 6.45) is -1.79. The summed E-state index contributed by atoms with van der Waals surface area (Å²) in [6.45, 7) is 0. The number of hydrogen-bond donors (Lipinski definition) is 1. The van der Waals surface area contributed by atoms with Crippen molar-refractivity contribution < 1.29 is 17.2 Å². The van der Waals surface area contributed by atoms with E-state index < -0.39 is 27.0 Å². The van der Waals surface area contributed by atoms with Crippen LogP contribution in [0.25, 0.3) is 0 Å². The Balaban J connectivity index is 3.65. The number of primary sulfonamides is 1. The van der Waals surface area contributed by atoms with Gasteiger partial charge in [0.2, 0.25) is 10.0 Å². The van der Waals surface area contributed by atoms with E-state index in [9.17, 15) is 17.2 Å². The first kappa shape index (κ1) is 13.4. The van der Waals surface area contributed by atoms with Crippen LogP contribution in [0.3, 0.4) is 0 Å². The van der Waals surface area contributed by atoms with E-state index in [4.69, 9.17) is 5.14 Å². The van der Waals surface area contributed by atoms with Gasteiger partial charge < -0.3 is 0 Å². The molecule has 0 saturated heterocycles. The monoisotopic (exact) mass is 460 g/mol. The van der Waals surface area contributed by atoms with Crippen molar-refractivity contribution in [3.8, 4) is 0 Å². The zero-order valence-corrected chi connectivity index (χ0v) is 12.0. The zero-order chi connectivity index (χ0) is 11.8. The molecule has 2 N–H and O–H groups in total. The van der Waals surface area contributed by atoms with Crippen LogP contribution < -0.4 is 5.14 Å². The molecule has 0 aliphatic heterocycles. The minimum Gasteiger partial charge on any atom is -0.253 e. The van der Waals surface area contributed by atoms with E-state index >= 15 is 0 Å². The summed E-state index contributed by atoms with van der Waals surface area (Å²) in [6, 6.07) is 0. The number of nitrogens with zero attached hydrogens (tertiary/aromatic N) is 1. The molecule has 1 rings (SSSR count). The normalized spacial score (nSPS) is 12.1. The van der Waals surface area contributed by atoms with E-state index in [1.165, 1.54) is 6.20 Å². The van der Waals surface area contributed by atoms with E-state index in [-0.39, 0.29) is 3.57 Å². The molecule has 0 aromatic carbocycles. The molecule has 0 aliphatic carbocycles. The number of nitrogens with two attached hydrogens (primary N) is 1. The fraction of sp³-hybridized carbons (Fsp3) is 0.167. The molecule has 1 aromatic heterocycles. The highest BCUT2D eigenvalue weighted by Crippen LogP contribution is 2.30. The third-order valence-corrected chi connectivity index (χ3v) is 5.77. The van der Waals surface area contributed by atoms with Crippen molar-refractivity contribution >= 4 is 55.2 Å². The van der Waals surface area contributed by atoms with Crippen LogP contribution >= 0.6 is 45.2 Å². The summed E-state index contributed by atoms with van der Waals surface area (Å²) in [5, 5.41) is 4.86. The van der Waals surface area contributed by atoms with Crippen molar-refractivity contribution in [1.29, 1.82) is 0 Å². The average Bonchev–Trinajstić information content (AvgIpc) is 2.06. The molecule has 84 valence electrons. The van der Waals surface area contributed by atoms with Gasteiger partial charge in [-0.25, -0.2) is 22.3 Å². The molecule has 1 aromatic rings. The van der Waals surface area contributed by atoms with Crippen LogP contribution in [-0.4, -0.2) is 13.4 Å². The maximum absolute atomic E-state index is 12.5. The molecular formula is C6H4F2I2N2O2S. The Labute approximate surface area is 112 Å². The molecular weight excluding hydrogens is 456 g/mol. The summed E-state index contributed by atoms with van der Waals surface area (Å²) >= 11 is 3.44. The molecule has 0 bridgehead atoms. The van der Waals surface area contributed by atoms with Crippen LogP contribution in [0.2, 0.25) is 0 Å². The number of hydrogen-bond acceptors (Lipinski definition) is 3. The smallest absolute Gasteiger partial charge is 0.253 e. The molecule has 0 atom stereocenters. The fourth-order valence-electron chi connectivity index (χ4n) is 0.889. The van der Waals surface area contributed by atoms with Crippen molar-refractivity contribution in [3.05, 3.63) is 19.0 Å². The second kappa shape index (κ2) is 4.71. The van der Waals surface area contributed by atoms with Gasteiger partial charge in [-0.3, -0.25) is 4.98 Å². The third kappa shape index (κ3) is 2.94. The molecule has 0 fully saturated rings. The SMILES string of the molecule is NS(=O)(=O)c1c(C(F)F)ncc(I)c1I. The van der Waals surface area contributed by atoms with Crippen LogP contribution in [0.4, 0.5) is 8.78 Å². The summed E-state index contributed by atoms with van der Waals surface area (Å²) in [7, 11) is -4.19. The van der Waals surface area contributed by atoms with Crippen molar-refractivity contribution in [3.63, 3.8) is 0 Å². The quantitative estimate of drug-likeness (QED) is 0.686. The minimum absolute atomic E-state index is 0.168. The number of pyridine rings is 1. The van der Waals surface area contributed by atoms with Gasteiger partial charge in [0.15, 0.2) is 0 Å². The number of alkyl halides is 2. The number of aromatic nitrogens is 1. The van der Waals surface area contributed by atoms with Crippen LogP contribution in [0, 0.1) is 7.14 Å². The summed E-state index contributed by atoms with van der Waals surface area (Å²) in [5.41, 5.74) is -0.803. The minimum atomic E-state index is -4.19. The van der Waals surface area contributed by atoms with Crippen LogP contribution in [0.15, 0.2) is 11.1 Å². The second-order valence-corrected chi connectivity index (χ2v) is 6.22. The van der Waals surface area contributed by atoms with Crippen molar-refractivity contribution in [2.75, 3.05) is 0 Å². The van der Waals surface area contributed by atoms with Gasteiger partial charge in [0.05, 0.1) is 3.57 Å². The van der Waals surface area contributed by atoms with Crippen molar-refractivity contribution in [2.45, 2.75) is 11.3 Å². The van der Waals surface area contributed by atoms with Gasteiger partial charge in [0, 0.05) is 9.77 Å².